The third-order valence-corrected chi connectivity index (χ3v) is 5.18. The molecule has 1 aromatic heterocycles. The Morgan fingerprint density at radius 3 is 2.96 bits per heavy atom. The SMILES string of the molecule is CCCOC(=O)Nc1cc2c3c(n1)C(c1ccccc1)CCN3CCC2. The van der Waals surface area contributed by atoms with Crippen LogP contribution in [0.15, 0.2) is 36.4 Å². The molecular weight excluding hydrogens is 326 g/mol. The summed E-state index contributed by atoms with van der Waals surface area (Å²) in [5.41, 5.74) is 4.94. The zero-order chi connectivity index (χ0) is 17.9. The maximum atomic E-state index is 12.0. The van der Waals surface area contributed by atoms with Gasteiger partial charge in [-0.2, -0.15) is 0 Å². The second-order valence-corrected chi connectivity index (χ2v) is 7.00. The number of anilines is 2. The summed E-state index contributed by atoms with van der Waals surface area (Å²) in [6.07, 6.45) is 3.61. The molecule has 1 aromatic carbocycles. The summed E-state index contributed by atoms with van der Waals surface area (Å²) in [7, 11) is 0. The molecule has 0 spiro atoms. The first-order chi connectivity index (χ1) is 12.8. The highest BCUT2D eigenvalue weighted by molar-refractivity contribution is 5.84. The number of ether oxygens (including phenoxy) is 1. The van der Waals surface area contributed by atoms with Gasteiger partial charge in [0.2, 0.25) is 0 Å². The van der Waals surface area contributed by atoms with Crippen LogP contribution in [0.4, 0.5) is 16.3 Å². The fourth-order valence-electron chi connectivity index (χ4n) is 4.04. The number of pyridine rings is 1. The van der Waals surface area contributed by atoms with Crippen molar-refractivity contribution in [3.63, 3.8) is 0 Å². The Kier molecular flexibility index (Phi) is 4.78. The zero-order valence-electron chi connectivity index (χ0n) is 15.2. The summed E-state index contributed by atoms with van der Waals surface area (Å²) in [5, 5.41) is 2.82. The van der Waals surface area contributed by atoms with Gasteiger partial charge in [-0.05, 0) is 42.9 Å². The van der Waals surface area contributed by atoms with Crippen molar-refractivity contribution in [3.8, 4) is 0 Å². The summed E-state index contributed by atoms with van der Waals surface area (Å²) < 4.78 is 5.16. The van der Waals surface area contributed by atoms with E-state index in [0.717, 1.165) is 44.5 Å². The number of hydrogen-bond donors (Lipinski definition) is 1. The molecule has 5 heteroatoms. The molecule has 26 heavy (non-hydrogen) atoms. The van der Waals surface area contributed by atoms with Gasteiger partial charge in [0, 0.05) is 19.0 Å². The Morgan fingerprint density at radius 2 is 2.15 bits per heavy atom. The molecule has 4 rings (SSSR count). The summed E-state index contributed by atoms with van der Waals surface area (Å²) in [6.45, 7) is 4.55. The number of aryl methyl sites for hydroxylation is 1. The van der Waals surface area contributed by atoms with Gasteiger partial charge < -0.3 is 9.64 Å². The number of aromatic nitrogens is 1. The van der Waals surface area contributed by atoms with Gasteiger partial charge in [0.05, 0.1) is 18.0 Å². The van der Waals surface area contributed by atoms with Crippen LogP contribution in [0.3, 0.4) is 0 Å². The van der Waals surface area contributed by atoms with Crippen molar-refractivity contribution in [1.29, 1.82) is 0 Å². The summed E-state index contributed by atoms with van der Waals surface area (Å²) in [4.78, 5) is 19.3. The summed E-state index contributed by atoms with van der Waals surface area (Å²) in [6, 6.07) is 12.6. The third-order valence-electron chi connectivity index (χ3n) is 5.18. The van der Waals surface area contributed by atoms with E-state index in [1.54, 1.807) is 0 Å². The van der Waals surface area contributed by atoms with E-state index in [0.29, 0.717) is 12.4 Å². The fourth-order valence-corrected chi connectivity index (χ4v) is 4.04. The number of benzene rings is 1. The van der Waals surface area contributed by atoms with E-state index in [1.165, 1.54) is 16.8 Å². The van der Waals surface area contributed by atoms with E-state index in [4.69, 9.17) is 9.72 Å². The van der Waals surface area contributed by atoms with Crippen LogP contribution in [0, 0.1) is 0 Å². The highest BCUT2D eigenvalue weighted by Gasteiger charge is 2.32. The van der Waals surface area contributed by atoms with Crippen molar-refractivity contribution in [2.45, 2.75) is 38.5 Å². The molecule has 0 saturated heterocycles. The molecule has 2 aliphatic heterocycles. The lowest BCUT2D eigenvalue weighted by atomic mass is 9.84. The van der Waals surface area contributed by atoms with E-state index in [2.05, 4.69) is 34.5 Å². The van der Waals surface area contributed by atoms with Crippen LogP contribution in [0.1, 0.15) is 48.9 Å². The highest BCUT2D eigenvalue weighted by atomic mass is 16.5. The van der Waals surface area contributed by atoms with Crippen molar-refractivity contribution in [3.05, 3.63) is 53.2 Å². The Morgan fingerprint density at radius 1 is 1.31 bits per heavy atom. The van der Waals surface area contributed by atoms with Gasteiger partial charge in [-0.15, -0.1) is 0 Å². The molecule has 1 unspecified atom stereocenters. The normalized spacial score (nSPS) is 18.2. The molecule has 136 valence electrons. The van der Waals surface area contributed by atoms with Gasteiger partial charge in [-0.1, -0.05) is 37.3 Å². The minimum atomic E-state index is -0.425. The second-order valence-electron chi connectivity index (χ2n) is 7.00. The predicted octanol–water partition coefficient (Wildman–Crippen LogP) is 4.33. The standard InChI is InChI=1S/C21H25N3O2/c1-2-13-26-21(25)23-18-14-16-9-6-11-24-12-10-17(19(22-18)20(16)24)15-7-4-3-5-8-15/h3-5,7-8,14,17H,2,6,9-13H2,1H3,(H,22,23,25). The van der Waals surface area contributed by atoms with Crippen molar-refractivity contribution in [2.24, 2.45) is 0 Å². The zero-order valence-corrected chi connectivity index (χ0v) is 15.2. The molecule has 1 atom stereocenters. The third kappa shape index (κ3) is 3.26. The van der Waals surface area contributed by atoms with Crippen LogP contribution >= 0.6 is 0 Å². The van der Waals surface area contributed by atoms with Gasteiger partial charge in [-0.3, -0.25) is 5.32 Å². The van der Waals surface area contributed by atoms with E-state index >= 15 is 0 Å². The Hall–Kier alpha value is -2.56. The number of amides is 1. The van der Waals surface area contributed by atoms with Crippen LogP contribution < -0.4 is 10.2 Å². The lowest BCUT2D eigenvalue weighted by Gasteiger charge is -2.39. The van der Waals surface area contributed by atoms with Crippen molar-refractivity contribution < 1.29 is 9.53 Å². The van der Waals surface area contributed by atoms with Gasteiger partial charge in [0.25, 0.3) is 0 Å². The predicted molar refractivity (Wildman–Crippen MR) is 103 cm³/mol. The van der Waals surface area contributed by atoms with Crippen LogP contribution in [0.5, 0.6) is 0 Å². The number of nitrogens with one attached hydrogen (secondary N) is 1. The van der Waals surface area contributed by atoms with Crippen molar-refractivity contribution in [2.75, 3.05) is 29.9 Å². The molecule has 0 saturated carbocycles. The topological polar surface area (TPSA) is 54.5 Å². The van der Waals surface area contributed by atoms with Crippen LogP contribution in [-0.4, -0.2) is 30.8 Å². The molecule has 2 aliphatic rings. The van der Waals surface area contributed by atoms with Crippen molar-refractivity contribution in [1.82, 2.24) is 4.98 Å². The molecule has 0 bridgehead atoms. The molecule has 0 aliphatic carbocycles. The largest absolute Gasteiger partial charge is 0.449 e. The Labute approximate surface area is 154 Å². The lowest BCUT2D eigenvalue weighted by molar-refractivity contribution is 0.161. The number of carbonyl (C=O) groups excluding carboxylic acids is 1. The quantitative estimate of drug-likeness (QED) is 0.891. The molecule has 2 aromatic rings. The van der Waals surface area contributed by atoms with Gasteiger partial charge in [0.15, 0.2) is 0 Å². The lowest BCUT2D eigenvalue weighted by Crippen LogP contribution is -2.37. The first-order valence-corrected chi connectivity index (χ1v) is 9.53. The van der Waals surface area contributed by atoms with Gasteiger partial charge in [-0.25, -0.2) is 9.78 Å². The Bertz CT molecular complexity index is 791. The van der Waals surface area contributed by atoms with E-state index in [9.17, 15) is 4.79 Å². The molecular formula is C21H25N3O2. The van der Waals surface area contributed by atoms with Gasteiger partial charge in [0.1, 0.15) is 5.82 Å². The maximum Gasteiger partial charge on any atom is 0.412 e. The molecule has 0 fully saturated rings. The number of carbonyl (C=O) groups is 1. The first-order valence-electron chi connectivity index (χ1n) is 9.53. The van der Waals surface area contributed by atoms with Crippen molar-refractivity contribution >= 4 is 17.6 Å². The van der Waals surface area contributed by atoms with E-state index < -0.39 is 6.09 Å². The second kappa shape index (κ2) is 7.36. The number of hydrogen-bond acceptors (Lipinski definition) is 4. The average molecular weight is 351 g/mol. The van der Waals surface area contributed by atoms with Crippen LogP contribution in [0.25, 0.3) is 0 Å². The summed E-state index contributed by atoms with van der Waals surface area (Å²) >= 11 is 0. The van der Waals surface area contributed by atoms with E-state index in [1.807, 2.05) is 19.1 Å². The fraction of sp³-hybridized carbons (Fsp3) is 0.429. The average Bonchev–Trinajstić information content (AvgIpc) is 2.67. The molecule has 0 radical (unpaired) electrons. The molecule has 1 N–H and O–H groups in total. The van der Waals surface area contributed by atoms with E-state index in [-0.39, 0.29) is 5.92 Å². The Balaban J connectivity index is 1.71. The minimum Gasteiger partial charge on any atom is -0.449 e. The number of rotatable bonds is 4. The van der Waals surface area contributed by atoms with Crippen LogP contribution in [0.2, 0.25) is 0 Å². The smallest absolute Gasteiger partial charge is 0.412 e. The number of nitrogens with zero attached hydrogens (tertiary/aromatic N) is 2. The summed E-state index contributed by atoms with van der Waals surface area (Å²) in [5.74, 6) is 0.872. The molecule has 3 heterocycles. The highest BCUT2D eigenvalue weighted by Crippen LogP contribution is 2.43. The first kappa shape index (κ1) is 16.9. The monoisotopic (exact) mass is 351 g/mol. The maximum absolute atomic E-state index is 12.0. The molecule has 5 nitrogen and oxygen atoms in total. The van der Waals surface area contributed by atoms with Gasteiger partial charge >= 0.3 is 6.09 Å². The minimum absolute atomic E-state index is 0.271. The van der Waals surface area contributed by atoms with Crippen LogP contribution in [-0.2, 0) is 11.2 Å². The molecule has 1 amide bonds.